The van der Waals surface area contributed by atoms with Crippen molar-refractivity contribution in [1.82, 2.24) is 10.6 Å². The van der Waals surface area contributed by atoms with E-state index in [0.717, 1.165) is 11.1 Å². The molecule has 0 bridgehead atoms. The van der Waals surface area contributed by atoms with E-state index in [1.165, 1.54) is 6.07 Å². The second-order valence-electron chi connectivity index (χ2n) is 8.26. The maximum atomic E-state index is 11.7. The van der Waals surface area contributed by atoms with Gasteiger partial charge in [0.05, 0.1) is 5.54 Å². The van der Waals surface area contributed by atoms with Crippen molar-refractivity contribution in [1.29, 1.82) is 0 Å². The van der Waals surface area contributed by atoms with E-state index in [1.807, 2.05) is 0 Å². The molecule has 1 aliphatic heterocycles. The molecule has 0 saturated carbocycles. The number of phenolic OH excluding ortho intramolecular Hbond substituents is 4. The number of benzene rings is 2. The third-order valence-corrected chi connectivity index (χ3v) is 6.04. The molecule has 2 aromatic rings. The molecule has 0 fully saturated rings. The van der Waals surface area contributed by atoms with Crippen LogP contribution in [0.4, 0.5) is 0 Å². The smallest absolute Gasteiger partial charge is 0.246 e. The van der Waals surface area contributed by atoms with Crippen molar-refractivity contribution < 1.29 is 30.0 Å². The first-order valence-electron chi connectivity index (χ1n) is 10.1. The van der Waals surface area contributed by atoms with Gasteiger partial charge in [-0.1, -0.05) is 12.6 Å². The number of hydrogen-bond acceptors (Lipinski definition) is 7. The molecule has 0 aromatic heterocycles. The Morgan fingerprint density at radius 2 is 1.87 bits per heavy atom. The summed E-state index contributed by atoms with van der Waals surface area (Å²) in [5.74, 6) is -1.21. The minimum Gasteiger partial charge on any atom is -0.504 e. The molecule has 31 heavy (non-hydrogen) atoms. The number of hydrogen-bond donors (Lipinski definition) is 6. The second-order valence-corrected chi connectivity index (χ2v) is 8.26. The molecule has 2 aromatic carbocycles. The summed E-state index contributed by atoms with van der Waals surface area (Å²) < 4.78 is 5.89. The molecule has 2 atom stereocenters. The summed E-state index contributed by atoms with van der Waals surface area (Å²) in [4.78, 5) is 11.7. The van der Waals surface area contributed by atoms with Crippen molar-refractivity contribution in [3.63, 3.8) is 0 Å². The number of fused-ring (bicyclic) bond motifs is 5. The Hall–Kier alpha value is -3.39. The molecule has 1 heterocycles. The van der Waals surface area contributed by atoms with Crippen LogP contribution in [0.5, 0.6) is 28.7 Å². The fourth-order valence-corrected chi connectivity index (χ4v) is 4.55. The van der Waals surface area contributed by atoms with E-state index < -0.39 is 5.54 Å². The van der Waals surface area contributed by atoms with Gasteiger partial charge in [-0.15, -0.1) is 0 Å². The average molecular weight is 426 g/mol. The first kappa shape index (κ1) is 20.9. The predicted molar refractivity (Wildman–Crippen MR) is 114 cm³/mol. The summed E-state index contributed by atoms with van der Waals surface area (Å²) in [6.45, 7) is 6.56. The Morgan fingerprint density at radius 3 is 2.61 bits per heavy atom. The fourth-order valence-electron chi connectivity index (χ4n) is 4.55. The van der Waals surface area contributed by atoms with Gasteiger partial charge in [0.25, 0.3) is 0 Å². The third-order valence-electron chi connectivity index (χ3n) is 6.04. The molecule has 6 N–H and O–H groups in total. The molecule has 8 heteroatoms. The van der Waals surface area contributed by atoms with E-state index in [4.69, 9.17) is 4.74 Å². The lowest BCUT2D eigenvalue weighted by molar-refractivity contribution is -0.117. The minimum atomic E-state index is -0.572. The van der Waals surface area contributed by atoms with Gasteiger partial charge < -0.3 is 35.8 Å². The van der Waals surface area contributed by atoms with Crippen LogP contribution in [-0.4, -0.2) is 51.6 Å². The summed E-state index contributed by atoms with van der Waals surface area (Å²) in [5, 5.41) is 46.6. The summed E-state index contributed by atoms with van der Waals surface area (Å²) in [7, 11) is 0. The Morgan fingerprint density at radius 1 is 1.13 bits per heavy atom. The van der Waals surface area contributed by atoms with Crippen molar-refractivity contribution in [3.8, 4) is 28.7 Å². The van der Waals surface area contributed by atoms with Crippen LogP contribution in [0, 0.1) is 0 Å². The van der Waals surface area contributed by atoms with Gasteiger partial charge in [0.1, 0.15) is 6.61 Å². The highest BCUT2D eigenvalue weighted by Crippen LogP contribution is 2.55. The monoisotopic (exact) mass is 426 g/mol. The van der Waals surface area contributed by atoms with Crippen molar-refractivity contribution in [2.75, 3.05) is 19.7 Å². The SMILES string of the molecule is C=C(C)C(=O)NCCCNC12COc3c(ccc(O)c3O)C1c1cc(O)c(O)cc1C2. The number of aromatic hydroxyl groups is 4. The average Bonchev–Trinajstić information content (AvgIpc) is 3.04. The molecule has 2 unspecified atom stereocenters. The molecular formula is C23H26N2O6. The van der Waals surface area contributed by atoms with E-state index >= 15 is 0 Å². The molecule has 1 amide bonds. The highest BCUT2D eigenvalue weighted by Gasteiger charge is 2.51. The van der Waals surface area contributed by atoms with Crippen LogP contribution in [-0.2, 0) is 11.2 Å². The third kappa shape index (κ3) is 3.53. The van der Waals surface area contributed by atoms with Crippen LogP contribution >= 0.6 is 0 Å². The van der Waals surface area contributed by atoms with Crippen molar-refractivity contribution in [2.45, 2.75) is 31.2 Å². The largest absolute Gasteiger partial charge is 0.504 e. The number of carbonyl (C=O) groups is 1. The molecule has 8 nitrogen and oxygen atoms in total. The lowest BCUT2D eigenvalue weighted by atomic mass is 9.77. The molecule has 4 rings (SSSR count). The number of ether oxygens (including phenoxy) is 1. The second kappa shape index (κ2) is 7.70. The van der Waals surface area contributed by atoms with Gasteiger partial charge in [0, 0.05) is 23.6 Å². The highest BCUT2D eigenvalue weighted by molar-refractivity contribution is 5.92. The molecule has 0 radical (unpaired) electrons. The molecule has 0 spiro atoms. The summed E-state index contributed by atoms with van der Waals surface area (Å²) in [5.41, 5.74) is 2.27. The number of amides is 1. The quantitative estimate of drug-likeness (QED) is 0.237. The zero-order valence-corrected chi connectivity index (χ0v) is 17.2. The molecule has 2 aliphatic rings. The zero-order chi connectivity index (χ0) is 22.3. The van der Waals surface area contributed by atoms with Gasteiger partial charge in [0.2, 0.25) is 11.7 Å². The first-order chi connectivity index (χ1) is 14.7. The van der Waals surface area contributed by atoms with Gasteiger partial charge in [-0.05, 0) is 55.6 Å². The summed E-state index contributed by atoms with van der Waals surface area (Å²) >= 11 is 0. The van der Waals surface area contributed by atoms with E-state index in [-0.39, 0.29) is 47.2 Å². The van der Waals surface area contributed by atoms with Crippen LogP contribution in [0.15, 0.2) is 36.4 Å². The molecular weight excluding hydrogens is 400 g/mol. The fraction of sp³-hybridized carbons (Fsp3) is 0.348. The Balaban J connectivity index is 1.63. The number of rotatable bonds is 6. The normalized spacial score (nSPS) is 20.9. The highest BCUT2D eigenvalue weighted by atomic mass is 16.5. The van der Waals surface area contributed by atoms with Crippen molar-refractivity contribution in [2.24, 2.45) is 0 Å². The van der Waals surface area contributed by atoms with E-state index in [9.17, 15) is 25.2 Å². The van der Waals surface area contributed by atoms with Crippen LogP contribution in [0.2, 0.25) is 0 Å². The van der Waals surface area contributed by atoms with Gasteiger partial charge in [-0.25, -0.2) is 0 Å². The van der Waals surface area contributed by atoms with Gasteiger partial charge in [-0.3, -0.25) is 4.79 Å². The lowest BCUT2D eigenvalue weighted by Gasteiger charge is -2.41. The predicted octanol–water partition coefficient (Wildman–Crippen LogP) is 2.00. The standard InChI is InChI=1S/C23H26N2O6/c1-12(2)22(30)24-6-3-7-25-23-10-13-8-17(27)18(28)9-15(13)19(23)14-4-5-16(26)20(29)21(14)31-11-23/h4-5,8-9,19,25-29H,1,3,6-7,10-11H2,2H3,(H,24,30). The van der Waals surface area contributed by atoms with Gasteiger partial charge >= 0.3 is 0 Å². The van der Waals surface area contributed by atoms with Crippen LogP contribution < -0.4 is 15.4 Å². The Labute approximate surface area is 179 Å². The molecule has 0 saturated heterocycles. The minimum absolute atomic E-state index is 0.180. The summed E-state index contributed by atoms with van der Waals surface area (Å²) in [6.07, 6.45) is 1.22. The van der Waals surface area contributed by atoms with Gasteiger partial charge in [0.15, 0.2) is 23.0 Å². The first-order valence-corrected chi connectivity index (χ1v) is 10.1. The van der Waals surface area contributed by atoms with Crippen molar-refractivity contribution in [3.05, 3.63) is 53.1 Å². The van der Waals surface area contributed by atoms with E-state index in [1.54, 1.807) is 25.1 Å². The number of phenols is 4. The maximum absolute atomic E-state index is 11.7. The number of nitrogens with one attached hydrogen (secondary N) is 2. The van der Waals surface area contributed by atoms with E-state index in [0.29, 0.717) is 37.1 Å². The van der Waals surface area contributed by atoms with Crippen molar-refractivity contribution >= 4 is 5.91 Å². The topological polar surface area (TPSA) is 131 Å². The Kier molecular flexibility index (Phi) is 5.18. The zero-order valence-electron chi connectivity index (χ0n) is 17.2. The summed E-state index contributed by atoms with van der Waals surface area (Å²) in [6, 6.07) is 6.22. The maximum Gasteiger partial charge on any atom is 0.246 e. The number of carbonyl (C=O) groups excluding carboxylic acids is 1. The molecule has 164 valence electrons. The van der Waals surface area contributed by atoms with Crippen LogP contribution in [0.25, 0.3) is 0 Å². The lowest BCUT2D eigenvalue weighted by Crippen LogP contribution is -2.56. The molecule has 1 aliphatic carbocycles. The van der Waals surface area contributed by atoms with Crippen LogP contribution in [0.3, 0.4) is 0 Å². The van der Waals surface area contributed by atoms with Gasteiger partial charge in [-0.2, -0.15) is 0 Å². The Bertz CT molecular complexity index is 1070. The van der Waals surface area contributed by atoms with E-state index in [2.05, 4.69) is 17.2 Å². The van der Waals surface area contributed by atoms with Crippen LogP contribution in [0.1, 0.15) is 36.0 Å².